The fourth-order valence-corrected chi connectivity index (χ4v) is 3.30. The maximum Gasteiger partial charge on any atom is 0.414 e. The van der Waals surface area contributed by atoms with Crippen molar-refractivity contribution in [2.75, 3.05) is 19.6 Å². The lowest BCUT2D eigenvalue weighted by Gasteiger charge is -2.56. The lowest BCUT2D eigenvalue weighted by Crippen LogP contribution is -2.66. The zero-order valence-electron chi connectivity index (χ0n) is 12.7. The molecule has 0 bridgehead atoms. The van der Waals surface area contributed by atoms with Gasteiger partial charge in [0.1, 0.15) is 0 Å². The highest BCUT2D eigenvalue weighted by atomic mass is 16.4. The topological polar surface area (TPSA) is 89.9 Å². The number of carbonyl (C=O) groups is 2. The predicted octanol–water partition coefficient (Wildman–Crippen LogP) is 1.03. The molecule has 2 aliphatic heterocycles. The summed E-state index contributed by atoms with van der Waals surface area (Å²) in [6.07, 6.45) is 1.32. The summed E-state index contributed by atoms with van der Waals surface area (Å²) in [5.41, 5.74) is 1.91. The molecular weight excluding hydrogens is 284 g/mol. The molecule has 0 unspecified atom stereocenters. The summed E-state index contributed by atoms with van der Waals surface area (Å²) in [7, 11) is 0. The van der Waals surface area contributed by atoms with E-state index in [0.29, 0.717) is 5.54 Å². The van der Waals surface area contributed by atoms with Gasteiger partial charge in [0.2, 0.25) is 0 Å². The number of hydrogen-bond donors (Lipinski definition) is 3. The molecule has 1 aromatic rings. The smallest absolute Gasteiger partial charge is 0.414 e. The van der Waals surface area contributed by atoms with Crippen LogP contribution in [0.5, 0.6) is 0 Å². The molecular formula is C16H22N2O4. The average molecular weight is 306 g/mol. The molecule has 2 atom stereocenters. The van der Waals surface area contributed by atoms with Crippen LogP contribution in [0, 0.1) is 5.92 Å². The molecule has 0 radical (unpaired) electrons. The first-order chi connectivity index (χ1) is 10.5. The Balaban J connectivity index is 0.000000254. The van der Waals surface area contributed by atoms with E-state index < -0.39 is 11.9 Å². The minimum Gasteiger partial charge on any atom is -0.473 e. The summed E-state index contributed by atoms with van der Waals surface area (Å²) in [4.78, 5) is 20.9. The highest BCUT2D eigenvalue weighted by Gasteiger charge is 2.51. The van der Waals surface area contributed by atoms with Crippen LogP contribution in [0.1, 0.15) is 18.9 Å². The lowest BCUT2D eigenvalue weighted by atomic mass is 9.74. The number of carboxylic acids is 2. The highest BCUT2D eigenvalue weighted by molar-refractivity contribution is 6.27. The Morgan fingerprint density at radius 2 is 1.91 bits per heavy atom. The number of nitrogens with one attached hydrogen (secondary N) is 1. The standard InChI is InChI=1S/C14H20N2.C2H2O4/c1-12-9-16(14(12)7-8-15-11-14)10-13-5-3-2-4-6-13;3-1(4)2(5)6/h2-6,12,15H,7-11H2,1H3;(H,3,4)(H,5,6)/t12-,14-;/m0./s1. The molecule has 2 saturated heterocycles. The maximum absolute atomic E-state index is 9.10. The van der Waals surface area contributed by atoms with Gasteiger partial charge in [-0.1, -0.05) is 37.3 Å². The lowest BCUT2D eigenvalue weighted by molar-refractivity contribution is -0.159. The fraction of sp³-hybridized carbons (Fsp3) is 0.500. The molecule has 0 aromatic heterocycles. The molecule has 0 aliphatic carbocycles. The molecule has 6 heteroatoms. The Labute approximate surface area is 129 Å². The first kappa shape index (κ1) is 16.5. The van der Waals surface area contributed by atoms with Gasteiger partial charge in [0.25, 0.3) is 0 Å². The van der Waals surface area contributed by atoms with E-state index in [-0.39, 0.29) is 0 Å². The maximum atomic E-state index is 9.10. The van der Waals surface area contributed by atoms with Crippen molar-refractivity contribution in [2.24, 2.45) is 5.92 Å². The van der Waals surface area contributed by atoms with Crippen LogP contribution in [0.2, 0.25) is 0 Å². The SMILES string of the molecule is C[C@H]1CN(Cc2ccccc2)[C@]12CCNC2.O=C(O)C(=O)O. The van der Waals surface area contributed by atoms with Crippen molar-refractivity contribution in [2.45, 2.75) is 25.4 Å². The fourth-order valence-electron chi connectivity index (χ4n) is 3.30. The molecule has 2 heterocycles. The van der Waals surface area contributed by atoms with Crippen molar-refractivity contribution in [3.63, 3.8) is 0 Å². The van der Waals surface area contributed by atoms with Crippen LogP contribution in [0.4, 0.5) is 0 Å². The van der Waals surface area contributed by atoms with Crippen LogP contribution in [-0.2, 0) is 16.1 Å². The zero-order valence-corrected chi connectivity index (χ0v) is 12.7. The molecule has 3 N–H and O–H groups in total. The Bertz CT molecular complexity index is 514. The normalized spacial score (nSPS) is 26.9. The second-order valence-electron chi connectivity index (χ2n) is 5.91. The van der Waals surface area contributed by atoms with Crippen LogP contribution in [-0.4, -0.2) is 52.2 Å². The number of rotatable bonds is 2. The number of benzene rings is 1. The Morgan fingerprint density at radius 3 is 2.36 bits per heavy atom. The molecule has 1 aromatic carbocycles. The summed E-state index contributed by atoms with van der Waals surface area (Å²) in [5, 5.41) is 18.3. The van der Waals surface area contributed by atoms with Gasteiger partial charge in [0.15, 0.2) is 0 Å². The van der Waals surface area contributed by atoms with Crippen molar-refractivity contribution >= 4 is 11.9 Å². The Hall–Kier alpha value is -1.92. The van der Waals surface area contributed by atoms with E-state index in [9.17, 15) is 0 Å². The van der Waals surface area contributed by atoms with Crippen molar-refractivity contribution < 1.29 is 19.8 Å². The minimum atomic E-state index is -1.82. The third-order valence-electron chi connectivity index (χ3n) is 4.61. The van der Waals surface area contributed by atoms with Crippen molar-refractivity contribution in [3.05, 3.63) is 35.9 Å². The van der Waals surface area contributed by atoms with E-state index in [0.717, 1.165) is 12.5 Å². The molecule has 2 aliphatic rings. The number of nitrogens with zero attached hydrogens (tertiary/aromatic N) is 1. The number of aliphatic carboxylic acids is 2. The van der Waals surface area contributed by atoms with Crippen molar-refractivity contribution in [3.8, 4) is 0 Å². The molecule has 6 nitrogen and oxygen atoms in total. The summed E-state index contributed by atoms with van der Waals surface area (Å²) < 4.78 is 0. The van der Waals surface area contributed by atoms with Gasteiger partial charge < -0.3 is 15.5 Å². The molecule has 120 valence electrons. The summed E-state index contributed by atoms with van der Waals surface area (Å²) in [6, 6.07) is 10.8. The number of hydrogen-bond acceptors (Lipinski definition) is 4. The van der Waals surface area contributed by atoms with Gasteiger partial charge in [-0.25, -0.2) is 9.59 Å². The molecule has 0 saturated carbocycles. The molecule has 3 rings (SSSR count). The van der Waals surface area contributed by atoms with Crippen LogP contribution in [0.15, 0.2) is 30.3 Å². The average Bonchev–Trinajstić information content (AvgIpc) is 3.01. The quantitative estimate of drug-likeness (QED) is 0.707. The van der Waals surface area contributed by atoms with Gasteiger partial charge in [0, 0.05) is 25.2 Å². The number of carboxylic acid groups (broad SMARTS) is 2. The number of likely N-dealkylation sites (tertiary alicyclic amines) is 1. The second-order valence-corrected chi connectivity index (χ2v) is 5.91. The third-order valence-corrected chi connectivity index (χ3v) is 4.61. The molecule has 1 spiro atoms. The Morgan fingerprint density at radius 1 is 1.27 bits per heavy atom. The van der Waals surface area contributed by atoms with Gasteiger partial charge in [-0.05, 0) is 24.4 Å². The van der Waals surface area contributed by atoms with Gasteiger partial charge in [-0.3, -0.25) is 4.90 Å². The first-order valence-corrected chi connectivity index (χ1v) is 7.41. The first-order valence-electron chi connectivity index (χ1n) is 7.41. The van der Waals surface area contributed by atoms with Gasteiger partial charge in [-0.2, -0.15) is 0 Å². The summed E-state index contributed by atoms with van der Waals surface area (Å²) in [5.74, 6) is -2.80. The molecule has 2 fully saturated rings. The van der Waals surface area contributed by atoms with Gasteiger partial charge in [-0.15, -0.1) is 0 Å². The van der Waals surface area contributed by atoms with Gasteiger partial charge in [0.05, 0.1) is 0 Å². The predicted molar refractivity (Wildman–Crippen MR) is 81.5 cm³/mol. The summed E-state index contributed by atoms with van der Waals surface area (Å²) in [6.45, 7) is 7.15. The van der Waals surface area contributed by atoms with E-state index in [1.807, 2.05) is 0 Å². The zero-order chi connectivity index (χ0) is 16.2. The molecule has 22 heavy (non-hydrogen) atoms. The van der Waals surface area contributed by atoms with Crippen LogP contribution < -0.4 is 5.32 Å². The van der Waals surface area contributed by atoms with Crippen LogP contribution in [0.25, 0.3) is 0 Å². The largest absolute Gasteiger partial charge is 0.473 e. The van der Waals surface area contributed by atoms with E-state index in [1.165, 1.54) is 31.6 Å². The van der Waals surface area contributed by atoms with E-state index >= 15 is 0 Å². The van der Waals surface area contributed by atoms with E-state index in [2.05, 4.69) is 47.5 Å². The van der Waals surface area contributed by atoms with Crippen molar-refractivity contribution in [1.82, 2.24) is 10.2 Å². The van der Waals surface area contributed by atoms with Crippen LogP contribution in [0.3, 0.4) is 0 Å². The van der Waals surface area contributed by atoms with E-state index in [4.69, 9.17) is 19.8 Å². The third kappa shape index (κ3) is 3.45. The second kappa shape index (κ2) is 6.89. The summed E-state index contributed by atoms with van der Waals surface area (Å²) >= 11 is 0. The molecule has 0 amide bonds. The van der Waals surface area contributed by atoms with Crippen molar-refractivity contribution in [1.29, 1.82) is 0 Å². The van der Waals surface area contributed by atoms with E-state index in [1.54, 1.807) is 0 Å². The Kier molecular flexibility index (Phi) is 5.15. The van der Waals surface area contributed by atoms with Crippen LogP contribution >= 0.6 is 0 Å². The monoisotopic (exact) mass is 306 g/mol. The minimum absolute atomic E-state index is 0.468. The van der Waals surface area contributed by atoms with Gasteiger partial charge >= 0.3 is 11.9 Å². The highest BCUT2D eigenvalue weighted by Crippen LogP contribution is 2.41.